The standard InChI is InChI=1S/C21H25F3N8/c1-2-28-10-13(9-25)17-8-14(15(26)11-30-17)20(27)16-4-3-5-19(31-16)32-7-6-29-18(12-32)21(22,23)24/h3-5,8-11,13,18,25,27,29H,2,6-7,12,26H2,1H3. The molecule has 2 unspecified atom stereocenters. The van der Waals surface area contributed by atoms with E-state index in [1.165, 1.54) is 12.4 Å². The van der Waals surface area contributed by atoms with Crippen LogP contribution in [0.5, 0.6) is 0 Å². The van der Waals surface area contributed by atoms with Crippen molar-refractivity contribution in [2.75, 3.05) is 36.8 Å². The molecule has 1 aliphatic heterocycles. The summed E-state index contributed by atoms with van der Waals surface area (Å²) in [6, 6.07) is 4.88. The van der Waals surface area contributed by atoms with Crippen LogP contribution in [-0.2, 0) is 0 Å². The first kappa shape index (κ1) is 23.3. The zero-order valence-corrected chi connectivity index (χ0v) is 17.5. The summed E-state index contributed by atoms with van der Waals surface area (Å²) in [6.07, 6.45) is -0.119. The van der Waals surface area contributed by atoms with E-state index in [1.807, 2.05) is 6.92 Å². The lowest BCUT2D eigenvalue weighted by molar-refractivity contribution is -0.155. The number of halogens is 3. The summed E-state index contributed by atoms with van der Waals surface area (Å²) in [5, 5.41) is 18.7. The molecule has 0 aliphatic carbocycles. The number of nitrogens with zero attached hydrogens (tertiary/aromatic N) is 4. The molecule has 11 heteroatoms. The van der Waals surface area contributed by atoms with Crippen molar-refractivity contribution in [3.63, 3.8) is 0 Å². The molecule has 0 amide bonds. The molecule has 1 aliphatic rings. The van der Waals surface area contributed by atoms with E-state index in [0.717, 1.165) is 0 Å². The predicted octanol–water partition coefficient (Wildman–Crippen LogP) is 2.64. The van der Waals surface area contributed by atoms with Crippen LogP contribution in [0.3, 0.4) is 0 Å². The van der Waals surface area contributed by atoms with Gasteiger partial charge in [0, 0.05) is 44.2 Å². The van der Waals surface area contributed by atoms with Gasteiger partial charge in [-0.1, -0.05) is 6.07 Å². The molecule has 0 saturated carbocycles. The fourth-order valence-electron chi connectivity index (χ4n) is 3.36. The van der Waals surface area contributed by atoms with Gasteiger partial charge < -0.3 is 21.4 Å². The van der Waals surface area contributed by atoms with Crippen LogP contribution in [0.15, 0.2) is 35.5 Å². The summed E-state index contributed by atoms with van der Waals surface area (Å²) in [6.45, 7) is 2.74. The number of piperazine rings is 1. The average molecular weight is 446 g/mol. The molecular weight excluding hydrogens is 421 g/mol. The van der Waals surface area contributed by atoms with Crippen molar-refractivity contribution in [2.45, 2.75) is 25.1 Å². The summed E-state index contributed by atoms with van der Waals surface area (Å²) in [4.78, 5) is 14.4. The number of rotatable bonds is 7. The van der Waals surface area contributed by atoms with Gasteiger partial charge in [0.15, 0.2) is 0 Å². The van der Waals surface area contributed by atoms with Gasteiger partial charge in [-0.15, -0.1) is 0 Å². The van der Waals surface area contributed by atoms with Crippen molar-refractivity contribution in [3.05, 3.63) is 47.4 Å². The monoisotopic (exact) mass is 446 g/mol. The molecule has 0 radical (unpaired) electrons. The Balaban J connectivity index is 1.88. The van der Waals surface area contributed by atoms with Crippen LogP contribution in [0.25, 0.3) is 0 Å². The summed E-state index contributed by atoms with van der Waals surface area (Å²) < 4.78 is 39.4. The third-order valence-corrected chi connectivity index (χ3v) is 5.08. The van der Waals surface area contributed by atoms with Crippen LogP contribution < -0.4 is 16.0 Å². The second kappa shape index (κ2) is 9.86. The fourth-order valence-corrected chi connectivity index (χ4v) is 3.36. The Labute approximate surface area is 183 Å². The molecule has 5 N–H and O–H groups in total. The highest BCUT2D eigenvalue weighted by molar-refractivity contribution is 6.13. The lowest BCUT2D eigenvalue weighted by atomic mass is 10.0. The molecule has 0 bridgehead atoms. The molecule has 8 nitrogen and oxygen atoms in total. The van der Waals surface area contributed by atoms with Gasteiger partial charge in [0.2, 0.25) is 0 Å². The number of anilines is 2. The van der Waals surface area contributed by atoms with Crippen molar-refractivity contribution in [1.29, 1.82) is 10.8 Å². The van der Waals surface area contributed by atoms with E-state index in [4.69, 9.17) is 16.6 Å². The maximum atomic E-state index is 13.1. The zero-order valence-electron chi connectivity index (χ0n) is 17.5. The van der Waals surface area contributed by atoms with Gasteiger partial charge in [-0.05, 0) is 25.1 Å². The van der Waals surface area contributed by atoms with Crippen LogP contribution in [0, 0.1) is 10.8 Å². The number of nitrogen functional groups attached to an aromatic ring is 1. The zero-order chi connectivity index (χ0) is 23.3. The Morgan fingerprint density at radius 1 is 1.44 bits per heavy atom. The lowest BCUT2D eigenvalue weighted by Crippen LogP contribution is -2.57. The second-order valence-electron chi connectivity index (χ2n) is 7.29. The van der Waals surface area contributed by atoms with E-state index in [9.17, 15) is 13.2 Å². The summed E-state index contributed by atoms with van der Waals surface area (Å²) in [5.74, 6) is -0.0927. The molecule has 3 rings (SSSR count). The minimum absolute atomic E-state index is 0.0201. The Morgan fingerprint density at radius 2 is 2.22 bits per heavy atom. The minimum Gasteiger partial charge on any atom is -0.397 e. The lowest BCUT2D eigenvalue weighted by Gasteiger charge is -2.35. The van der Waals surface area contributed by atoms with E-state index < -0.39 is 18.1 Å². The highest BCUT2D eigenvalue weighted by Gasteiger charge is 2.42. The third kappa shape index (κ3) is 5.28. The number of hydrogen-bond donors (Lipinski definition) is 4. The quantitative estimate of drug-likeness (QED) is 0.486. The molecule has 3 heterocycles. The molecule has 2 aromatic heterocycles. The number of pyridine rings is 2. The molecule has 0 spiro atoms. The van der Waals surface area contributed by atoms with Crippen molar-refractivity contribution in [2.24, 2.45) is 4.99 Å². The Bertz CT molecular complexity index is 1000. The topological polar surface area (TPSA) is 127 Å². The summed E-state index contributed by atoms with van der Waals surface area (Å²) >= 11 is 0. The predicted molar refractivity (Wildman–Crippen MR) is 119 cm³/mol. The molecule has 32 heavy (non-hydrogen) atoms. The highest BCUT2D eigenvalue weighted by Crippen LogP contribution is 2.25. The minimum atomic E-state index is -4.35. The van der Waals surface area contributed by atoms with Crippen LogP contribution in [-0.4, -0.2) is 66.5 Å². The molecule has 0 aromatic carbocycles. The van der Waals surface area contributed by atoms with E-state index in [1.54, 1.807) is 35.4 Å². The Kier molecular flexibility index (Phi) is 7.18. The normalized spacial score (nSPS) is 18.0. The summed E-state index contributed by atoms with van der Waals surface area (Å²) in [7, 11) is 0. The molecular formula is C21H25F3N8. The van der Waals surface area contributed by atoms with E-state index in [-0.39, 0.29) is 30.2 Å². The van der Waals surface area contributed by atoms with Crippen LogP contribution in [0.1, 0.15) is 29.8 Å². The molecule has 1 saturated heterocycles. The van der Waals surface area contributed by atoms with Gasteiger partial charge in [-0.2, -0.15) is 13.2 Å². The third-order valence-electron chi connectivity index (χ3n) is 5.08. The molecule has 2 aromatic rings. The number of aliphatic imine (C=N–C) groups is 1. The number of nitrogens with one attached hydrogen (secondary N) is 3. The Morgan fingerprint density at radius 3 is 2.91 bits per heavy atom. The van der Waals surface area contributed by atoms with Gasteiger partial charge >= 0.3 is 6.18 Å². The largest absolute Gasteiger partial charge is 0.405 e. The van der Waals surface area contributed by atoms with Crippen LogP contribution in [0.4, 0.5) is 24.7 Å². The van der Waals surface area contributed by atoms with Gasteiger partial charge in [0.25, 0.3) is 0 Å². The average Bonchev–Trinajstić information content (AvgIpc) is 2.79. The second-order valence-corrected chi connectivity index (χ2v) is 7.29. The van der Waals surface area contributed by atoms with Crippen molar-refractivity contribution >= 4 is 29.6 Å². The maximum absolute atomic E-state index is 13.1. The SMILES string of the molecule is CCN=CC(C=N)c1cc(C(=N)c2cccc(N3CCNC(C(F)(F)F)C3)n2)c(N)cn1. The number of hydrogen-bond acceptors (Lipinski definition) is 8. The van der Waals surface area contributed by atoms with E-state index in [0.29, 0.717) is 30.2 Å². The number of alkyl halides is 3. The van der Waals surface area contributed by atoms with E-state index in [2.05, 4.69) is 20.3 Å². The first-order valence-electron chi connectivity index (χ1n) is 10.1. The smallest absolute Gasteiger partial charge is 0.397 e. The molecule has 2 atom stereocenters. The van der Waals surface area contributed by atoms with Crippen molar-refractivity contribution in [1.82, 2.24) is 15.3 Å². The number of aromatic nitrogens is 2. The maximum Gasteiger partial charge on any atom is 0.405 e. The highest BCUT2D eigenvalue weighted by atomic mass is 19.4. The van der Waals surface area contributed by atoms with E-state index >= 15 is 0 Å². The van der Waals surface area contributed by atoms with Crippen LogP contribution in [0.2, 0.25) is 0 Å². The molecule has 170 valence electrons. The first-order valence-corrected chi connectivity index (χ1v) is 10.1. The fraction of sp³-hybridized carbons (Fsp3) is 0.381. The van der Waals surface area contributed by atoms with Gasteiger partial charge in [0.05, 0.1) is 34.9 Å². The number of nitrogens with two attached hydrogens (primary N) is 1. The van der Waals surface area contributed by atoms with Gasteiger partial charge in [-0.3, -0.25) is 15.4 Å². The van der Waals surface area contributed by atoms with Crippen LogP contribution >= 0.6 is 0 Å². The molecule has 1 fully saturated rings. The van der Waals surface area contributed by atoms with Gasteiger partial charge in [-0.25, -0.2) is 4.98 Å². The van der Waals surface area contributed by atoms with Crippen molar-refractivity contribution < 1.29 is 13.2 Å². The van der Waals surface area contributed by atoms with Crippen molar-refractivity contribution in [3.8, 4) is 0 Å². The Hall–Kier alpha value is -3.34. The first-order chi connectivity index (χ1) is 15.2. The summed E-state index contributed by atoms with van der Waals surface area (Å²) in [5.41, 5.74) is 7.51. The van der Waals surface area contributed by atoms with Gasteiger partial charge in [0.1, 0.15) is 11.9 Å².